The first-order valence-corrected chi connectivity index (χ1v) is 8.08. The van der Waals surface area contributed by atoms with E-state index in [1.165, 1.54) is 50.6 Å². The molecule has 19 heavy (non-hydrogen) atoms. The van der Waals surface area contributed by atoms with Gasteiger partial charge in [0.25, 0.3) is 0 Å². The van der Waals surface area contributed by atoms with Gasteiger partial charge in [0.15, 0.2) is 0 Å². The zero-order valence-corrected chi connectivity index (χ0v) is 12.1. The predicted octanol–water partition coefficient (Wildman–Crippen LogP) is 3.49. The van der Waals surface area contributed by atoms with Gasteiger partial charge in [-0.1, -0.05) is 19.3 Å². The average Bonchev–Trinajstić information content (AvgIpc) is 2.98. The summed E-state index contributed by atoms with van der Waals surface area (Å²) in [5, 5.41) is 3.46. The van der Waals surface area contributed by atoms with Crippen LogP contribution in [0.4, 0.5) is 0 Å². The smallest absolute Gasteiger partial charge is 0.0950 e. The summed E-state index contributed by atoms with van der Waals surface area (Å²) in [4.78, 5) is 4.46. The number of hydrogen-bond acceptors (Lipinski definition) is 2. The van der Waals surface area contributed by atoms with Gasteiger partial charge in [-0.15, -0.1) is 0 Å². The van der Waals surface area contributed by atoms with Gasteiger partial charge >= 0.3 is 0 Å². The minimum atomic E-state index is 0.632. The van der Waals surface area contributed by atoms with Crippen LogP contribution in [0.3, 0.4) is 0 Å². The molecule has 1 unspecified atom stereocenters. The second kappa shape index (κ2) is 6.08. The fraction of sp³-hybridized carbons (Fsp3) is 0.812. The van der Waals surface area contributed by atoms with E-state index in [2.05, 4.69) is 34.3 Å². The zero-order chi connectivity index (χ0) is 13.1. The number of piperidine rings is 1. The Balaban J connectivity index is 1.74. The molecular formula is C16H27N3. The highest BCUT2D eigenvalue weighted by molar-refractivity contribution is 5.09. The van der Waals surface area contributed by atoms with Crippen molar-refractivity contribution in [3.63, 3.8) is 0 Å². The molecule has 1 aliphatic carbocycles. The molecule has 1 saturated heterocycles. The van der Waals surface area contributed by atoms with E-state index in [-0.39, 0.29) is 0 Å². The third-order valence-electron chi connectivity index (χ3n) is 5.22. The van der Waals surface area contributed by atoms with Gasteiger partial charge in [0.1, 0.15) is 0 Å². The summed E-state index contributed by atoms with van der Waals surface area (Å²) in [6, 6.07) is 0.632. The van der Waals surface area contributed by atoms with Gasteiger partial charge in [-0.2, -0.15) is 0 Å². The summed E-state index contributed by atoms with van der Waals surface area (Å²) in [5.74, 6) is 1.58. The minimum absolute atomic E-state index is 0.632. The summed E-state index contributed by atoms with van der Waals surface area (Å²) in [7, 11) is 0. The third kappa shape index (κ3) is 2.86. The normalized spacial score (nSPS) is 24.5. The van der Waals surface area contributed by atoms with Crippen LogP contribution in [-0.2, 0) is 0 Å². The highest BCUT2D eigenvalue weighted by Crippen LogP contribution is 2.35. The zero-order valence-electron chi connectivity index (χ0n) is 12.1. The molecule has 1 atom stereocenters. The number of aromatic nitrogens is 2. The van der Waals surface area contributed by atoms with Crippen LogP contribution in [0.15, 0.2) is 12.5 Å². The van der Waals surface area contributed by atoms with Crippen LogP contribution in [0.2, 0.25) is 0 Å². The molecule has 1 N–H and O–H groups in total. The van der Waals surface area contributed by atoms with Gasteiger partial charge in [0.05, 0.1) is 6.33 Å². The highest BCUT2D eigenvalue weighted by atomic mass is 15.1. The summed E-state index contributed by atoms with van der Waals surface area (Å²) >= 11 is 0. The second-order valence-corrected chi connectivity index (χ2v) is 6.39. The maximum Gasteiger partial charge on any atom is 0.0950 e. The Morgan fingerprint density at radius 3 is 2.63 bits per heavy atom. The molecule has 3 rings (SSSR count). The van der Waals surface area contributed by atoms with Gasteiger partial charge in [0, 0.05) is 23.9 Å². The summed E-state index contributed by atoms with van der Waals surface area (Å²) in [6.07, 6.45) is 13.8. The molecule has 0 amide bonds. The minimum Gasteiger partial charge on any atom is -0.331 e. The fourth-order valence-corrected chi connectivity index (χ4v) is 3.93. The standard InChI is InChI=1S/C16H27N3/c1-13(14-5-3-2-4-6-14)19-12-18-11-16(19)15-7-9-17-10-8-15/h11-15,17H,2-10H2,1H3. The van der Waals surface area contributed by atoms with Crippen molar-refractivity contribution in [1.82, 2.24) is 14.9 Å². The van der Waals surface area contributed by atoms with Crippen molar-refractivity contribution >= 4 is 0 Å². The van der Waals surface area contributed by atoms with Crippen molar-refractivity contribution in [2.75, 3.05) is 13.1 Å². The molecule has 0 aromatic carbocycles. The molecule has 0 radical (unpaired) electrons. The van der Waals surface area contributed by atoms with Crippen LogP contribution in [0.5, 0.6) is 0 Å². The molecule has 1 saturated carbocycles. The molecule has 1 aromatic rings. The first kappa shape index (κ1) is 13.2. The van der Waals surface area contributed by atoms with E-state index < -0.39 is 0 Å². The number of rotatable bonds is 3. The fourth-order valence-electron chi connectivity index (χ4n) is 3.93. The first-order valence-electron chi connectivity index (χ1n) is 8.08. The lowest BCUT2D eigenvalue weighted by atomic mass is 9.84. The Morgan fingerprint density at radius 2 is 1.89 bits per heavy atom. The van der Waals surface area contributed by atoms with E-state index in [1.54, 1.807) is 0 Å². The molecule has 2 aliphatic rings. The highest BCUT2D eigenvalue weighted by Gasteiger charge is 2.25. The average molecular weight is 261 g/mol. The topological polar surface area (TPSA) is 29.9 Å². The van der Waals surface area contributed by atoms with Crippen molar-refractivity contribution < 1.29 is 0 Å². The van der Waals surface area contributed by atoms with Crippen LogP contribution >= 0.6 is 0 Å². The lowest BCUT2D eigenvalue weighted by Gasteiger charge is -2.32. The lowest BCUT2D eigenvalue weighted by Crippen LogP contribution is -2.29. The molecule has 1 aliphatic heterocycles. The molecular weight excluding hydrogens is 234 g/mol. The third-order valence-corrected chi connectivity index (χ3v) is 5.22. The van der Waals surface area contributed by atoms with E-state index in [0.29, 0.717) is 6.04 Å². The molecule has 1 aromatic heterocycles. The van der Waals surface area contributed by atoms with Crippen molar-refractivity contribution in [3.8, 4) is 0 Å². The Labute approximate surface area is 116 Å². The monoisotopic (exact) mass is 261 g/mol. The van der Waals surface area contributed by atoms with Gasteiger partial charge in [-0.05, 0) is 51.6 Å². The quantitative estimate of drug-likeness (QED) is 0.902. The summed E-state index contributed by atoms with van der Waals surface area (Å²) in [6.45, 7) is 4.73. The largest absolute Gasteiger partial charge is 0.331 e. The molecule has 2 fully saturated rings. The molecule has 2 heterocycles. The number of hydrogen-bond donors (Lipinski definition) is 1. The Hall–Kier alpha value is -0.830. The van der Waals surface area contributed by atoms with Crippen molar-refractivity contribution in [2.45, 2.75) is 63.8 Å². The SMILES string of the molecule is CC(C1CCCCC1)n1cncc1C1CCNCC1. The molecule has 3 nitrogen and oxygen atoms in total. The molecule has 0 spiro atoms. The van der Waals surface area contributed by atoms with Gasteiger partial charge < -0.3 is 9.88 Å². The maximum absolute atomic E-state index is 4.46. The Bertz CT molecular complexity index is 386. The van der Waals surface area contributed by atoms with E-state index >= 15 is 0 Å². The Morgan fingerprint density at radius 1 is 1.16 bits per heavy atom. The van der Waals surface area contributed by atoms with Crippen molar-refractivity contribution in [3.05, 3.63) is 18.2 Å². The van der Waals surface area contributed by atoms with Gasteiger partial charge in [0.2, 0.25) is 0 Å². The second-order valence-electron chi connectivity index (χ2n) is 6.39. The molecule has 0 bridgehead atoms. The van der Waals surface area contributed by atoms with Crippen molar-refractivity contribution in [2.24, 2.45) is 5.92 Å². The van der Waals surface area contributed by atoms with Gasteiger partial charge in [-0.25, -0.2) is 4.98 Å². The Kier molecular flexibility index (Phi) is 4.21. The molecule has 106 valence electrons. The van der Waals surface area contributed by atoms with Crippen LogP contribution in [0, 0.1) is 5.92 Å². The number of imidazole rings is 1. The predicted molar refractivity (Wildman–Crippen MR) is 78.4 cm³/mol. The first-order chi connectivity index (χ1) is 9.36. The van der Waals surface area contributed by atoms with Crippen molar-refractivity contribution in [1.29, 1.82) is 0 Å². The van der Waals surface area contributed by atoms with Crippen LogP contribution < -0.4 is 5.32 Å². The number of nitrogens with zero attached hydrogens (tertiary/aromatic N) is 2. The lowest BCUT2D eigenvalue weighted by molar-refractivity contribution is 0.256. The van der Waals surface area contributed by atoms with E-state index in [1.807, 2.05) is 0 Å². The van der Waals surface area contributed by atoms with Crippen LogP contribution in [-0.4, -0.2) is 22.6 Å². The maximum atomic E-state index is 4.46. The van der Waals surface area contributed by atoms with Crippen LogP contribution in [0.1, 0.15) is 69.5 Å². The summed E-state index contributed by atoms with van der Waals surface area (Å²) < 4.78 is 2.49. The van der Waals surface area contributed by atoms with Crippen LogP contribution in [0.25, 0.3) is 0 Å². The summed E-state index contributed by atoms with van der Waals surface area (Å²) in [5.41, 5.74) is 1.49. The number of nitrogens with one attached hydrogen (secondary N) is 1. The van der Waals surface area contributed by atoms with E-state index in [0.717, 1.165) is 24.9 Å². The van der Waals surface area contributed by atoms with Gasteiger partial charge in [-0.3, -0.25) is 0 Å². The molecule has 3 heteroatoms. The van der Waals surface area contributed by atoms with E-state index in [9.17, 15) is 0 Å². The van der Waals surface area contributed by atoms with E-state index in [4.69, 9.17) is 0 Å².